The van der Waals surface area contributed by atoms with Crippen molar-refractivity contribution in [3.63, 3.8) is 0 Å². The Morgan fingerprint density at radius 1 is 1.00 bits per heavy atom. The molecule has 42 heavy (non-hydrogen) atoms. The molecule has 1 aromatic heterocycles. The Labute approximate surface area is 250 Å². The number of hydrogen-bond donors (Lipinski definition) is 1. The number of rotatable bonds is 11. The van der Waals surface area contributed by atoms with E-state index in [1.807, 2.05) is 30.3 Å². The monoisotopic (exact) mass is 593 g/mol. The standard InChI is InChI=1S/C31H36ClN5O5/c32-24-4-1-21(2-5-24)18-42-25-6-8-26-22(17-25)3-7-27-28(26)34-31(33)35-29(27)37-11-9-36(10-12-37)13-14-39-15-16-41-30(38)23-19-40-20-23/h1-2,4-6,8,17,23H,3,7,9-16,18-20H2,(H2,33,34,35). The summed E-state index contributed by atoms with van der Waals surface area (Å²) in [4.78, 5) is 25.8. The summed E-state index contributed by atoms with van der Waals surface area (Å²) in [7, 11) is 0. The van der Waals surface area contributed by atoms with E-state index in [1.165, 1.54) is 5.56 Å². The number of ether oxygens (including phenoxy) is 4. The van der Waals surface area contributed by atoms with Crippen LogP contribution in [0.3, 0.4) is 0 Å². The summed E-state index contributed by atoms with van der Waals surface area (Å²) in [6, 6.07) is 13.9. The van der Waals surface area contributed by atoms with Crippen LogP contribution in [0.4, 0.5) is 11.8 Å². The molecule has 3 aromatic rings. The number of nitrogens with two attached hydrogens (primary N) is 1. The van der Waals surface area contributed by atoms with Gasteiger partial charge in [-0.15, -0.1) is 0 Å². The molecule has 0 unspecified atom stereocenters. The molecule has 2 aliphatic heterocycles. The van der Waals surface area contributed by atoms with E-state index in [4.69, 9.17) is 41.3 Å². The number of benzene rings is 2. The summed E-state index contributed by atoms with van der Waals surface area (Å²) in [5.41, 5.74) is 11.7. The van der Waals surface area contributed by atoms with Gasteiger partial charge < -0.3 is 29.6 Å². The van der Waals surface area contributed by atoms with E-state index >= 15 is 0 Å². The maximum atomic E-state index is 11.7. The van der Waals surface area contributed by atoms with Gasteiger partial charge in [0.25, 0.3) is 0 Å². The van der Waals surface area contributed by atoms with Crippen LogP contribution in [0.2, 0.25) is 5.02 Å². The van der Waals surface area contributed by atoms with Crippen LogP contribution in [0.1, 0.15) is 16.7 Å². The molecule has 3 heterocycles. The lowest BCUT2D eigenvalue weighted by atomic mass is 9.88. The molecule has 3 aliphatic rings. The summed E-state index contributed by atoms with van der Waals surface area (Å²) in [5, 5.41) is 0.715. The van der Waals surface area contributed by atoms with Crippen molar-refractivity contribution in [1.82, 2.24) is 14.9 Å². The van der Waals surface area contributed by atoms with E-state index in [2.05, 4.69) is 26.9 Å². The van der Waals surface area contributed by atoms with Crippen molar-refractivity contribution < 1.29 is 23.7 Å². The van der Waals surface area contributed by atoms with Gasteiger partial charge in [-0.05, 0) is 54.3 Å². The average molecular weight is 594 g/mol. The lowest BCUT2D eigenvalue weighted by molar-refractivity contribution is -0.164. The molecule has 222 valence electrons. The van der Waals surface area contributed by atoms with Gasteiger partial charge >= 0.3 is 5.97 Å². The Hall–Kier alpha value is -3.44. The fraction of sp³-hybridized carbons (Fsp3) is 0.452. The second-order valence-electron chi connectivity index (χ2n) is 10.8. The van der Waals surface area contributed by atoms with Crippen LogP contribution in [0.5, 0.6) is 5.75 Å². The minimum absolute atomic E-state index is 0.106. The molecule has 0 atom stereocenters. The Kier molecular flexibility index (Phi) is 9.04. The quantitative estimate of drug-likeness (QED) is 0.262. The third kappa shape index (κ3) is 6.78. The number of fused-ring (bicyclic) bond motifs is 3. The highest BCUT2D eigenvalue weighted by molar-refractivity contribution is 6.30. The topological polar surface area (TPSA) is 112 Å². The van der Waals surface area contributed by atoms with Crippen LogP contribution < -0.4 is 15.4 Å². The molecule has 2 fully saturated rings. The van der Waals surface area contributed by atoms with Crippen LogP contribution in [-0.2, 0) is 38.5 Å². The highest BCUT2D eigenvalue weighted by Gasteiger charge is 2.28. The lowest BCUT2D eigenvalue weighted by Gasteiger charge is -2.37. The van der Waals surface area contributed by atoms with E-state index in [1.54, 1.807) is 0 Å². The molecule has 6 rings (SSSR count). The fourth-order valence-corrected chi connectivity index (χ4v) is 5.60. The molecule has 2 saturated heterocycles. The molecule has 0 bridgehead atoms. The normalized spacial score (nSPS) is 16.8. The molecule has 10 nitrogen and oxygen atoms in total. The van der Waals surface area contributed by atoms with Crippen LogP contribution >= 0.6 is 11.6 Å². The number of carbonyl (C=O) groups excluding carboxylic acids is 1. The average Bonchev–Trinajstić information content (AvgIpc) is 2.97. The van der Waals surface area contributed by atoms with E-state index in [0.29, 0.717) is 44.0 Å². The van der Waals surface area contributed by atoms with Gasteiger partial charge in [-0.2, -0.15) is 4.98 Å². The summed E-state index contributed by atoms with van der Waals surface area (Å²) in [6.45, 7) is 7.05. The van der Waals surface area contributed by atoms with Crippen LogP contribution in [0, 0.1) is 5.92 Å². The fourth-order valence-electron chi connectivity index (χ4n) is 5.48. The summed E-state index contributed by atoms with van der Waals surface area (Å²) in [6.07, 6.45) is 1.74. The number of hydrogen-bond acceptors (Lipinski definition) is 10. The Morgan fingerprint density at radius 2 is 1.81 bits per heavy atom. The van der Waals surface area contributed by atoms with Crippen molar-refractivity contribution >= 4 is 29.3 Å². The highest BCUT2D eigenvalue weighted by Crippen LogP contribution is 2.38. The molecule has 0 amide bonds. The van der Waals surface area contributed by atoms with Crippen LogP contribution in [-0.4, -0.2) is 86.6 Å². The molecule has 0 spiro atoms. The summed E-state index contributed by atoms with van der Waals surface area (Å²) < 4.78 is 22.0. The number of piperazine rings is 1. The van der Waals surface area contributed by atoms with Gasteiger partial charge in [0, 0.05) is 48.9 Å². The first kappa shape index (κ1) is 28.7. The lowest BCUT2D eigenvalue weighted by Crippen LogP contribution is -2.48. The molecule has 1 aliphatic carbocycles. The Morgan fingerprint density at radius 3 is 2.57 bits per heavy atom. The molecule has 0 saturated carbocycles. The molecule has 2 N–H and O–H groups in total. The number of carbonyl (C=O) groups is 1. The molecule has 2 aromatic carbocycles. The third-order valence-electron chi connectivity index (χ3n) is 7.96. The predicted octanol–water partition coefficient (Wildman–Crippen LogP) is 3.39. The zero-order valence-corrected chi connectivity index (χ0v) is 24.4. The first-order chi connectivity index (χ1) is 20.5. The Bertz CT molecular complexity index is 1390. The number of aryl methyl sites for hydroxylation is 1. The molecular weight excluding hydrogens is 558 g/mol. The largest absolute Gasteiger partial charge is 0.489 e. The van der Waals surface area contributed by atoms with E-state index in [9.17, 15) is 4.79 Å². The van der Waals surface area contributed by atoms with Crippen molar-refractivity contribution in [2.75, 3.05) is 76.4 Å². The van der Waals surface area contributed by atoms with Crippen molar-refractivity contribution in [2.45, 2.75) is 19.4 Å². The van der Waals surface area contributed by atoms with Crippen molar-refractivity contribution in [2.24, 2.45) is 5.92 Å². The van der Waals surface area contributed by atoms with E-state index < -0.39 is 0 Å². The van der Waals surface area contributed by atoms with Gasteiger partial charge in [0.1, 0.15) is 30.7 Å². The highest BCUT2D eigenvalue weighted by atomic mass is 35.5. The zero-order chi connectivity index (χ0) is 28.9. The molecular formula is C31H36ClN5O5. The second-order valence-corrected chi connectivity index (χ2v) is 11.2. The van der Waals surface area contributed by atoms with Crippen LogP contribution in [0.25, 0.3) is 11.3 Å². The first-order valence-electron chi connectivity index (χ1n) is 14.5. The van der Waals surface area contributed by atoms with Crippen LogP contribution in [0.15, 0.2) is 42.5 Å². The van der Waals surface area contributed by atoms with Gasteiger partial charge in [0.2, 0.25) is 5.95 Å². The smallest absolute Gasteiger partial charge is 0.313 e. The second kappa shape index (κ2) is 13.2. The minimum Gasteiger partial charge on any atom is -0.489 e. The molecule has 0 radical (unpaired) electrons. The maximum absolute atomic E-state index is 11.7. The van der Waals surface area contributed by atoms with Gasteiger partial charge in [-0.3, -0.25) is 9.69 Å². The minimum atomic E-state index is -0.194. The number of anilines is 2. The van der Waals surface area contributed by atoms with E-state index in [0.717, 1.165) is 79.5 Å². The SMILES string of the molecule is Nc1nc2c(c(N3CCN(CCOCCOC(=O)C4COC4)CC3)n1)CCc1cc(OCc3ccc(Cl)cc3)ccc1-2. The van der Waals surface area contributed by atoms with Crippen molar-refractivity contribution in [3.8, 4) is 17.0 Å². The number of esters is 1. The van der Waals surface area contributed by atoms with Gasteiger partial charge in [-0.25, -0.2) is 4.98 Å². The number of nitrogens with zero attached hydrogens (tertiary/aromatic N) is 4. The molecule has 11 heteroatoms. The van der Waals surface area contributed by atoms with Gasteiger partial charge in [-0.1, -0.05) is 23.7 Å². The Balaban J connectivity index is 1.01. The van der Waals surface area contributed by atoms with Crippen molar-refractivity contribution in [3.05, 3.63) is 64.2 Å². The maximum Gasteiger partial charge on any atom is 0.313 e. The number of aromatic nitrogens is 2. The predicted molar refractivity (Wildman–Crippen MR) is 160 cm³/mol. The van der Waals surface area contributed by atoms with E-state index in [-0.39, 0.29) is 18.5 Å². The third-order valence-corrected chi connectivity index (χ3v) is 8.22. The van der Waals surface area contributed by atoms with Crippen molar-refractivity contribution in [1.29, 1.82) is 0 Å². The summed E-state index contributed by atoms with van der Waals surface area (Å²) >= 11 is 5.99. The van der Waals surface area contributed by atoms with Gasteiger partial charge in [0.15, 0.2) is 0 Å². The first-order valence-corrected chi connectivity index (χ1v) is 14.9. The number of nitrogen functional groups attached to an aromatic ring is 1. The number of halogens is 1. The summed E-state index contributed by atoms with van der Waals surface area (Å²) in [5.74, 6) is 1.77. The zero-order valence-electron chi connectivity index (χ0n) is 23.6. The van der Waals surface area contributed by atoms with Gasteiger partial charge in [0.05, 0.1) is 32.1 Å².